The van der Waals surface area contributed by atoms with Gasteiger partial charge < -0.3 is 24.6 Å². The summed E-state index contributed by atoms with van der Waals surface area (Å²) in [5.74, 6) is -0.604. The molecule has 2 amide bonds. The van der Waals surface area contributed by atoms with Crippen LogP contribution in [0.4, 0.5) is 9.59 Å². The minimum absolute atomic E-state index is 0.0347. The molecule has 0 aromatic heterocycles. The number of aliphatic hydroxyl groups is 1. The predicted octanol–water partition coefficient (Wildman–Crippen LogP) is 2.06. The summed E-state index contributed by atoms with van der Waals surface area (Å²) < 4.78 is 15.0. The SMILES string of the molecule is COC(=O)CN(CCC(C)(O)CNC(=O)OC(C)(C)C)C(=O)OC(C)(C)C. The minimum atomic E-state index is -1.33. The zero-order valence-electron chi connectivity index (χ0n) is 17.7. The van der Waals surface area contributed by atoms with E-state index in [0.717, 1.165) is 4.90 Å². The van der Waals surface area contributed by atoms with Gasteiger partial charge in [-0.1, -0.05) is 0 Å². The van der Waals surface area contributed by atoms with Gasteiger partial charge in [0.15, 0.2) is 0 Å². The van der Waals surface area contributed by atoms with Crippen LogP contribution in [0.2, 0.25) is 0 Å². The highest BCUT2D eigenvalue weighted by molar-refractivity contribution is 5.78. The monoisotopic (exact) mass is 390 g/mol. The summed E-state index contributed by atoms with van der Waals surface area (Å²) in [6.45, 7) is 11.5. The number of nitrogens with zero attached hydrogens (tertiary/aromatic N) is 1. The minimum Gasteiger partial charge on any atom is -0.468 e. The Balaban J connectivity index is 4.79. The third-order valence-corrected chi connectivity index (χ3v) is 3.13. The summed E-state index contributed by atoms with van der Waals surface area (Å²) in [6.07, 6.45) is -1.25. The van der Waals surface area contributed by atoms with Gasteiger partial charge in [0.1, 0.15) is 17.7 Å². The second-order valence-corrected chi connectivity index (χ2v) is 8.58. The first-order valence-electron chi connectivity index (χ1n) is 8.79. The molecule has 0 aliphatic carbocycles. The van der Waals surface area contributed by atoms with Crippen molar-refractivity contribution in [3.05, 3.63) is 0 Å². The highest BCUT2D eigenvalue weighted by atomic mass is 16.6. The summed E-state index contributed by atoms with van der Waals surface area (Å²) in [5, 5.41) is 12.9. The summed E-state index contributed by atoms with van der Waals surface area (Å²) in [7, 11) is 1.22. The quantitative estimate of drug-likeness (QED) is 0.505. The number of nitrogens with one attached hydrogen (secondary N) is 1. The Bertz CT molecular complexity index is 519. The fourth-order valence-corrected chi connectivity index (χ4v) is 1.82. The zero-order chi connectivity index (χ0) is 21.5. The molecule has 0 bridgehead atoms. The van der Waals surface area contributed by atoms with Crippen molar-refractivity contribution in [3.63, 3.8) is 0 Å². The zero-order valence-corrected chi connectivity index (χ0v) is 17.7. The van der Waals surface area contributed by atoms with Crippen LogP contribution < -0.4 is 5.32 Å². The Morgan fingerprint density at radius 3 is 1.93 bits per heavy atom. The van der Waals surface area contributed by atoms with Gasteiger partial charge in [0.25, 0.3) is 0 Å². The molecular formula is C18H34N2O7. The maximum atomic E-state index is 12.3. The molecule has 0 fully saturated rings. The van der Waals surface area contributed by atoms with Gasteiger partial charge >= 0.3 is 18.2 Å². The number of esters is 1. The molecule has 9 nitrogen and oxygen atoms in total. The van der Waals surface area contributed by atoms with Crippen molar-refractivity contribution in [2.24, 2.45) is 0 Å². The van der Waals surface area contributed by atoms with E-state index >= 15 is 0 Å². The first-order chi connectivity index (χ1) is 12.0. The average Bonchev–Trinajstić information content (AvgIpc) is 2.45. The van der Waals surface area contributed by atoms with Crippen molar-refractivity contribution in [2.75, 3.05) is 26.7 Å². The first-order valence-corrected chi connectivity index (χ1v) is 8.79. The molecule has 27 heavy (non-hydrogen) atoms. The number of amides is 2. The highest BCUT2D eigenvalue weighted by Crippen LogP contribution is 2.14. The van der Waals surface area contributed by atoms with E-state index in [4.69, 9.17) is 9.47 Å². The number of carbonyl (C=O) groups excluding carboxylic acids is 3. The lowest BCUT2D eigenvalue weighted by Crippen LogP contribution is -2.46. The lowest BCUT2D eigenvalue weighted by Gasteiger charge is -2.30. The van der Waals surface area contributed by atoms with Crippen molar-refractivity contribution in [1.29, 1.82) is 0 Å². The van der Waals surface area contributed by atoms with Gasteiger partial charge in [-0.3, -0.25) is 9.69 Å². The van der Waals surface area contributed by atoms with Gasteiger partial charge in [-0.05, 0) is 54.9 Å². The second kappa shape index (κ2) is 9.77. The number of hydrogen-bond donors (Lipinski definition) is 2. The first kappa shape index (κ1) is 25.0. The van der Waals surface area contributed by atoms with Crippen LogP contribution in [0.1, 0.15) is 54.9 Å². The van der Waals surface area contributed by atoms with Crippen LogP contribution in [0.5, 0.6) is 0 Å². The predicted molar refractivity (Wildman–Crippen MR) is 99.3 cm³/mol. The fraction of sp³-hybridized carbons (Fsp3) is 0.833. The molecule has 1 unspecified atom stereocenters. The van der Waals surface area contributed by atoms with Crippen LogP contribution in [0, 0.1) is 0 Å². The van der Waals surface area contributed by atoms with Crippen molar-refractivity contribution in [1.82, 2.24) is 10.2 Å². The van der Waals surface area contributed by atoms with E-state index in [9.17, 15) is 19.5 Å². The maximum absolute atomic E-state index is 12.3. The molecule has 0 radical (unpaired) electrons. The summed E-state index contributed by atoms with van der Waals surface area (Å²) in [6, 6.07) is 0. The molecule has 0 rings (SSSR count). The van der Waals surface area contributed by atoms with Gasteiger partial charge in [0.2, 0.25) is 0 Å². The molecular weight excluding hydrogens is 356 g/mol. The van der Waals surface area contributed by atoms with E-state index in [-0.39, 0.29) is 26.1 Å². The molecule has 0 heterocycles. The number of rotatable bonds is 7. The molecule has 0 aliphatic rings. The van der Waals surface area contributed by atoms with E-state index in [1.54, 1.807) is 41.5 Å². The number of hydrogen-bond acceptors (Lipinski definition) is 7. The van der Waals surface area contributed by atoms with E-state index in [1.807, 2.05) is 0 Å². The Morgan fingerprint density at radius 1 is 0.963 bits per heavy atom. The lowest BCUT2D eigenvalue weighted by atomic mass is 10.0. The lowest BCUT2D eigenvalue weighted by molar-refractivity contribution is -0.142. The Morgan fingerprint density at radius 2 is 1.48 bits per heavy atom. The van der Waals surface area contributed by atoms with E-state index < -0.39 is 35.0 Å². The van der Waals surface area contributed by atoms with Crippen molar-refractivity contribution in [2.45, 2.75) is 71.7 Å². The normalized spacial score (nSPS) is 14.0. The van der Waals surface area contributed by atoms with E-state index in [1.165, 1.54) is 14.0 Å². The largest absolute Gasteiger partial charge is 0.468 e. The van der Waals surface area contributed by atoms with Gasteiger partial charge in [-0.25, -0.2) is 9.59 Å². The third-order valence-electron chi connectivity index (χ3n) is 3.13. The van der Waals surface area contributed by atoms with Crippen LogP contribution in [-0.4, -0.2) is 71.7 Å². The molecule has 0 saturated heterocycles. The molecule has 1 atom stereocenters. The molecule has 158 valence electrons. The molecule has 0 saturated carbocycles. The Labute approximate surface area is 161 Å². The molecule has 9 heteroatoms. The second-order valence-electron chi connectivity index (χ2n) is 8.58. The molecule has 0 aromatic carbocycles. The van der Waals surface area contributed by atoms with E-state index in [0.29, 0.717) is 0 Å². The summed E-state index contributed by atoms with van der Waals surface area (Å²) in [4.78, 5) is 36.7. The fourth-order valence-electron chi connectivity index (χ4n) is 1.82. The molecule has 0 spiro atoms. The molecule has 0 aromatic rings. The number of carbonyl (C=O) groups is 3. The summed E-state index contributed by atoms with van der Waals surface area (Å²) in [5.41, 5.74) is -2.70. The number of methoxy groups -OCH3 is 1. The van der Waals surface area contributed by atoms with E-state index in [2.05, 4.69) is 10.1 Å². The third kappa shape index (κ3) is 12.9. The summed E-state index contributed by atoms with van der Waals surface area (Å²) >= 11 is 0. The van der Waals surface area contributed by atoms with Crippen LogP contribution in [0.15, 0.2) is 0 Å². The number of ether oxygens (including phenoxy) is 3. The van der Waals surface area contributed by atoms with Gasteiger partial charge in [0.05, 0.1) is 12.7 Å². The van der Waals surface area contributed by atoms with Crippen LogP contribution in [0.3, 0.4) is 0 Å². The van der Waals surface area contributed by atoms with Gasteiger partial charge in [-0.2, -0.15) is 0 Å². The maximum Gasteiger partial charge on any atom is 0.410 e. The molecule has 2 N–H and O–H groups in total. The van der Waals surface area contributed by atoms with Crippen LogP contribution >= 0.6 is 0 Å². The molecule has 0 aliphatic heterocycles. The van der Waals surface area contributed by atoms with Crippen molar-refractivity contribution < 1.29 is 33.7 Å². The van der Waals surface area contributed by atoms with Crippen molar-refractivity contribution in [3.8, 4) is 0 Å². The topological polar surface area (TPSA) is 114 Å². The average molecular weight is 390 g/mol. The Hall–Kier alpha value is -2.03. The van der Waals surface area contributed by atoms with Crippen LogP contribution in [-0.2, 0) is 19.0 Å². The number of alkyl carbamates (subject to hydrolysis) is 1. The van der Waals surface area contributed by atoms with Gasteiger partial charge in [0, 0.05) is 13.1 Å². The van der Waals surface area contributed by atoms with Crippen molar-refractivity contribution >= 4 is 18.2 Å². The standard InChI is InChI=1S/C18H34N2O7/c1-16(2,3)26-14(22)19-12-18(7,24)9-10-20(11-13(21)25-8)15(23)27-17(4,5)6/h24H,9-12H2,1-8H3,(H,19,22). The van der Waals surface area contributed by atoms with Gasteiger partial charge in [-0.15, -0.1) is 0 Å². The highest BCUT2D eigenvalue weighted by Gasteiger charge is 2.29. The Kier molecular flexibility index (Phi) is 9.04. The van der Waals surface area contributed by atoms with Crippen LogP contribution in [0.25, 0.3) is 0 Å². The smallest absolute Gasteiger partial charge is 0.410 e.